The summed E-state index contributed by atoms with van der Waals surface area (Å²) in [6.07, 6.45) is 3.88. The number of nitrogens with zero attached hydrogens (tertiary/aromatic N) is 1. The molecule has 0 radical (unpaired) electrons. The number of rotatable bonds is 6. The topological polar surface area (TPSA) is 15.3 Å². The third kappa shape index (κ3) is 4.07. The highest BCUT2D eigenvalue weighted by Crippen LogP contribution is 2.22. The fraction of sp³-hybridized carbons (Fsp3) is 0.667. The summed E-state index contributed by atoms with van der Waals surface area (Å²) in [5.41, 5.74) is 2.87. The molecule has 0 aromatic heterocycles. The Morgan fingerprint density at radius 1 is 1.25 bits per heavy atom. The first-order valence-electron chi connectivity index (χ1n) is 8.10. The van der Waals surface area contributed by atoms with Gasteiger partial charge in [-0.25, -0.2) is 0 Å². The molecule has 1 aromatic carbocycles. The average molecular weight is 274 g/mol. The first kappa shape index (κ1) is 15.5. The van der Waals surface area contributed by atoms with Gasteiger partial charge in [0.2, 0.25) is 0 Å². The largest absolute Gasteiger partial charge is 0.312 e. The predicted octanol–water partition coefficient (Wildman–Crippen LogP) is 3.63. The number of benzene rings is 1. The van der Waals surface area contributed by atoms with Crippen molar-refractivity contribution in [1.29, 1.82) is 0 Å². The van der Waals surface area contributed by atoms with E-state index < -0.39 is 0 Å². The smallest absolute Gasteiger partial charge is 0.0446 e. The number of hydrogen-bond donors (Lipinski definition) is 1. The van der Waals surface area contributed by atoms with Crippen LogP contribution < -0.4 is 5.32 Å². The van der Waals surface area contributed by atoms with E-state index in [4.69, 9.17) is 0 Å². The summed E-state index contributed by atoms with van der Waals surface area (Å²) in [5, 5.41) is 3.48. The molecular formula is C18H30N2. The van der Waals surface area contributed by atoms with Crippen LogP contribution in [0.1, 0.15) is 50.8 Å². The van der Waals surface area contributed by atoms with Gasteiger partial charge in [-0.3, -0.25) is 4.90 Å². The second kappa shape index (κ2) is 7.24. The number of nitrogens with one attached hydrogen (secondary N) is 1. The second-order valence-corrected chi connectivity index (χ2v) is 6.67. The van der Waals surface area contributed by atoms with Crippen molar-refractivity contribution in [1.82, 2.24) is 10.2 Å². The zero-order valence-corrected chi connectivity index (χ0v) is 13.5. The third-order valence-corrected chi connectivity index (χ3v) is 4.48. The molecule has 0 aliphatic carbocycles. The van der Waals surface area contributed by atoms with Crippen LogP contribution in [0.3, 0.4) is 0 Å². The average Bonchev–Trinajstić information content (AvgIpc) is 2.82. The van der Waals surface area contributed by atoms with E-state index in [-0.39, 0.29) is 0 Å². The molecule has 20 heavy (non-hydrogen) atoms. The van der Waals surface area contributed by atoms with Gasteiger partial charge in [-0.1, -0.05) is 38.1 Å². The summed E-state index contributed by atoms with van der Waals surface area (Å²) < 4.78 is 0. The fourth-order valence-electron chi connectivity index (χ4n) is 3.22. The van der Waals surface area contributed by atoms with Gasteiger partial charge in [-0.15, -0.1) is 0 Å². The quantitative estimate of drug-likeness (QED) is 0.852. The maximum absolute atomic E-state index is 3.48. The molecule has 0 spiro atoms. The zero-order valence-electron chi connectivity index (χ0n) is 13.5. The number of likely N-dealkylation sites (N-methyl/N-ethyl adjacent to an activating group) is 1. The lowest BCUT2D eigenvalue weighted by Crippen LogP contribution is -2.35. The lowest BCUT2D eigenvalue weighted by Gasteiger charge is -2.27. The van der Waals surface area contributed by atoms with Gasteiger partial charge in [0.1, 0.15) is 0 Å². The molecule has 2 heteroatoms. The Hall–Kier alpha value is -0.860. The fourth-order valence-corrected chi connectivity index (χ4v) is 3.22. The summed E-state index contributed by atoms with van der Waals surface area (Å²) in [6.45, 7) is 9.29. The Morgan fingerprint density at radius 3 is 2.45 bits per heavy atom. The van der Waals surface area contributed by atoms with Gasteiger partial charge in [-0.05, 0) is 56.8 Å². The van der Waals surface area contributed by atoms with Gasteiger partial charge < -0.3 is 5.32 Å². The Labute approximate surface area is 124 Å². The molecule has 1 aliphatic rings. The molecule has 0 saturated carbocycles. The summed E-state index contributed by atoms with van der Waals surface area (Å²) in [4.78, 5) is 2.61. The summed E-state index contributed by atoms with van der Waals surface area (Å²) in [7, 11) is 2.08. The minimum absolute atomic E-state index is 0.448. The highest BCUT2D eigenvalue weighted by atomic mass is 15.2. The van der Waals surface area contributed by atoms with E-state index >= 15 is 0 Å². The predicted molar refractivity (Wildman–Crippen MR) is 87.1 cm³/mol. The Bertz CT molecular complexity index is 396. The lowest BCUT2D eigenvalue weighted by molar-refractivity contribution is 0.241. The minimum Gasteiger partial charge on any atom is -0.312 e. The monoisotopic (exact) mass is 274 g/mol. The van der Waals surface area contributed by atoms with E-state index in [1.54, 1.807) is 0 Å². The van der Waals surface area contributed by atoms with Crippen LogP contribution in [0.15, 0.2) is 24.3 Å². The van der Waals surface area contributed by atoms with E-state index in [0.29, 0.717) is 6.04 Å². The van der Waals surface area contributed by atoms with E-state index in [1.165, 1.54) is 36.9 Å². The molecular weight excluding hydrogens is 244 g/mol. The highest BCUT2D eigenvalue weighted by molar-refractivity contribution is 5.25. The van der Waals surface area contributed by atoms with Gasteiger partial charge in [0.15, 0.2) is 0 Å². The van der Waals surface area contributed by atoms with E-state index in [1.807, 2.05) is 0 Å². The molecule has 2 atom stereocenters. The van der Waals surface area contributed by atoms with Crippen molar-refractivity contribution < 1.29 is 0 Å². The van der Waals surface area contributed by atoms with Crippen LogP contribution in [0.5, 0.6) is 0 Å². The molecule has 2 rings (SSSR count). The molecule has 2 nitrogen and oxygen atoms in total. The van der Waals surface area contributed by atoms with Crippen molar-refractivity contribution in [2.75, 3.05) is 20.1 Å². The summed E-state index contributed by atoms with van der Waals surface area (Å²) in [5.74, 6) is 0.728. The van der Waals surface area contributed by atoms with Crippen LogP contribution in [0.25, 0.3) is 0 Å². The van der Waals surface area contributed by atoms with Gasteiger partial charge in [0.05, 0.1) is 0 Å². The van der Waals surface area contributed by atoms with Gasteiger partial charge in [0.25, 0.3) is 0 Å². The molecule has 1 aromatic rings. The van der Waals surface area contributed by atoms with Crippen LogP contribution in [-0.4, -0.2) is 31.1 Å². The maximum Gasteiger partial charge on any atom is 0.0446 e. The van der Waals surface area contributed by atoms with E-state index in [0.717, 1.165) is 18.5 Å². The Balaban J connectivity index is 1.99. The van der Waals surface area contributed by atoms with Crippen LogP contribution in [0.4, 0.5) is 0 Å². The third-order valence-electron chi connectivity index (χ3n) is 4.48. The first-order valence-corrected chi connectivity index (χ1v) is 8.10. The standard InChI is InChI=1S/C18H30N2/c1-14(2)12-16-7-9-17(10-8-16)18(19-4)13-20-11-5-6-15(20)3/h7-10,14-15,18-19H,5-6,11-13H2,1-4H3. The summed E-state index contributed by atoms with van der Waals surface area (Å²) >= 11 is 0. The zero-order chi connectivity index (χ0) is 14.5. The normalized spacial score (nSPS) is 21.6. The molecule has 0 bridgehead atoms. The Kier molecular flexibility index (Phi) is 5.62. The van der Waals surface area contributed by atoms with Gasteiger partial charge >= 0.3 is 0 Å². The SMILES string of the molecule is CNC(CN1CCCC1C)c1ccc(CC(C)C)cc1. The van der Waals surface area contributed by atoms with Gasteiger partial charge in [-0.2, -0.15) is 0 Å². The second-order valence-electron chi connectivity index (χ2n) is 6.67. The van der Waals surface area contributed by atoms with Crippen molar-refractivity contribution in [2.45, 2.75) is 52.1 Å². The molecule has 1 heterocycles. The molecule has 112 valence electrons. The lowest BCUT2D eigenvalue weighted by atomic mass is 9.99. The first-order chi connectivity index (χ1) is 9.60. The van der Waals surface area contributed by atoms with Crippen molar-refractivity contribution in [2.24, 2.45) is 5.92 Å². The van der Waals surface area contributed by atoms with Crippen LogP contribution in [0.2, 0.25) is 0 Å². The number of hydrogen-bond acceptors (Lipinski definition) is 2. The molecule has 0 amide bonds. The van der Waals surface area contributed by atoms with Crippen LogP contribution in [0, 0.1) is 5.92 Å². The van der Waals surface area contributed by atoms with Crippen LogP contribution in [-0.2, 0) is 6.42 Å². The van der Waals surface area contributed by atoms with Crippen molar-refractivity contribution >= 4 is 0 Å². The molecule has 1 fully saturated rings. The van der Waals surface area contributed by atoms with Crippen LogP contribution >= 0.6 is 0 Å². The Morgan fingerprint density at radius 2 is 1.95 bits per heavy atom. The number of likely N-dealkylation sites (tertiary alicyclic amines) is 1. The molecule has 1 aliphatic heterocycles. The molecule has 1 N–H and O–H groups in total. The van der Waals surface area contributed by atoms with Crippen molar-refractivity contribution in [3.05, 3.63) is 35.4 Å². The van der Waals surface area contributed by atoms with E-state index in [9.17, 15) is 0 Å². The van der Waals surface area contributed by atoms with Crippen molar-refractivity contribution in [3.63, 3.8) is 0 Å². The summed E-state index contributed by atoms with van der Waals surface area (Å²) in [6, 6.07) is 10.4. The van der Waals surface area contributed by atoms with E-state index in [2.05, 4.69) is 62.3 Å². The minimum atomic E-state index is 0.448. The van der Waals surface area contributed by atoms with Gasteiger partial charge in [0, 0.05) is 18.6 Å². The molecule has 1 saturated heterocycles. The maximum atomic E-state index is 3.48. The highest BCUT2D eigenvalue weighted by Gasteiger charge is 2.23. The molecule has 2 unspecified atom stereocenters. The van der Waals surface area contributed by atoms with Crippen molar-refractivity contribution in [3.8, 4) is 0 Å².